The topological polar surface area (TPSA) is 71.7 Å². The molecule has 5 heteroatoms. The average molecular weight is 263 g/mol. The molecule has 0 saturated carbocycles. The molecule has 1 aromatic rings. The van der Waals surface area contributed by atoms with Gasteiger partial charge in [-0.2, -0.15) is 5.26 Å². The number of hydrogen-bond acceptors (Lipinski definition) is 5. The summed E-state index contributed by atoms with van der Waals surface area (Å²) < 4.78 is 16.0. The number of hydrogen-bond donors (Lipinski definition) is 1. The summed E-state index contributed by atoms with van der Waals surface area (Å²) in [6.07, 6.45) is -2.15. The molecule has 0 aliphatic carbocycles. The van der Waals surface area contributed by atoms with Crippen LogP contribution in [0.15, 0.2) is 30.3 Å². The first-order chi connectivity index (χ1) is 9.26. The van der Waals surface area contributed by atoms with Gasteiger partial charge in [-0.05, 0) is 5.56 Å². The fourth-order valence-electron chi connectivity index (χ4n) is 2.09. The molecule has 1 saturated heterocycles. The molecule has 0 amide bonds. The predicted molar refractivity (Wildman–Crippen MR) is 66.9 cm³/mol. The highest BCUT2D eigenvalue weighted by atomic mass is 16.7. The van der Waals surface area contributed by atoms with E-state index in [1.807, 2.05) is 36.4 Å². The second-order valence-electron chi connectivity index (χ2n) is 4.42. The zero-order chi connectivity index (χ0) is 13.7. The fraction of sp³-hybridized carbons (Fsp3) is 0.500. The van der Waals surface area contributed by atoms with Gasteiger partial charge >= 0.3 is 0 Å². The number of aliphatic hydroxyl groups excluding tert-OH is 1. The van der Waals surface area contributed by atoms with Crippen molar-refractivity contribution in [1.82, 2.24) is 0 Å². The molecule has 0 unspecified atom stereocenters. The van der Waals surface area contributed by atoms with E-state index in [1.54, 1.807) is 0 Å². The largest absolute Gasteiger partial charge is 0.386 e. The molecule has 1 aliphatic heterocycles. The van der Waals surface area contributed by atoms with Crippen LogP contribution in [0, 0.1) is 17.2 Å². The number of nitriles is 1. The van der Waals surface area contributed by atoms with Gasteiger partial charge in [0.1, 0.15) is 18.1 Å². The van der Waals surface area contributed by atoms with E-state index in [0.717, 1.165) is 5.56 Å². The lowest BCUT2D eigenvalue weighted by Gasteiger charge is -2.13. The van der Waals surface area contributed by atoms with E-state index in [0.29, 0.717) is 6.61 Å². The summed E-state index contributed by atoms with van der Waals surface area (Å²) in [5.41, 5.74) is 1.05. The smallest absolute Gasteiger partial charge is 0.184 e. The molecule has 102 valence electrons. The summed E-state index contributed by atoms with van der Waals surface area (Å²) in [6, 6.07) is 11.8. The van der Waals surface area contributed by atoms with Crippen molar-refractivity contribution in [3.05, 3.63) is 35.9 Å². The number of rotatable bonds is 5. The maximum absolute atomic E-state index is 9.81. The Morgan fingerprint density at radius 2 is 2.11 bits per heavy atom. The van der Waals surface area contributed by atoms with E-state index in [-0.39, 0.29) is 6.61 Å². The second-order valence-corrected chi connectivity index (χ2v) is 4.42. The van der Waals surface area contributed by atoms with Gasteiger partial charge in [-0.3, -0.25) is 0 Å². The highest BCUT2D eigenvalue weighted by Gasteiger charge is 2.44. The van der Waals surface area contributed by atoms with Gasteiger partial charge in [-0.1, -0.05) is 30.3 Å². The lowest BCUT2D eigenvalue weighted by atomic mass is 10.0. The standard InChI is InChI=1S/C14H17NO4/c1-17-14-13(16)11(7-15)12(19-14)9-18-8-10-5-3-2-4-6-10/h2-6,11-14,16H,8-9H2,1H3/t11-,12+,13+,14+/m0/s1. The predicted octanol–water partition coefficient (Wildman–Crippen LogP) is 1.08. The van der Waals surface area contributed by atoms with Gasteiger partial charge in [-0.25, -0.2) is 0 Å². The van der Waals surface area contributed by atoms with Crippen LogP contribution in [0.5, 0.6) is 0 Å². The van der Waals surface area contributed by atoms with Gasteiger partial charge < -0.3 is 19.3 Å². The van der Waals surface area contributed by atoms with Crippen LogP contribution in [0.25, 0.3) is 0 Å². The Bertz CT molecular complexity index is 431. The van der Waals surface area contributed by atoms with Crippen molar-refractivity contribution in [3.8, 4) is 6.07 Å². The molecule has 0 bridgehead atoms. The van der Waals surface area contributed by atoms with E-state index < -0.39 is 24.4 Å². The Kier molecular flexibility index (Phi) is 4.88. The lowest BCUT2D eigenvalue weighted by Crippen LogP contribution is -2.28. The number of methoxy groups -OCH3 is 1. The maximum atomic E-state index is 9.81. The van der Waals surface area contributed by atoms with Crippen molar-refractivity contribution in [2.45, 2.75) is 25.1 Å². The molecule has 1 fully saturated rings. The van der Waals surface area contributed by atoms with Gasteiger partial charge in [0, 0.05) is 7.11 Å². The van der Waals surface area contributed by atoms with Crippen LogP contribution in [-0.2, 0) is 20.8 Å². The zero-order valence-electron chi connectivity index (χ0n) is 10.7. The van der Waals surface area contributed by atoms with Crippen molar-refractivity contribution in [2.75, 3.05) is 13.7 Å². The molecule has 4 atom stereocenters. The summed E-state index contributed by atoms with van der Waals surface area (Å²) in [5, 5.41) is 18.8. The van der Waals surface area contributed by atoms with E-state index in [4.69, 9.17) is 19.5 Å². The van der Waals surface area contributed by atoms with Crippen molar-refractivity contribution in [1.29, 1.82) is 5.26 Å². The summed E-state index contributed by atoms with van der Waals surface area (Å²) in [6.45, 7) is 0.705. The van der Waals surface area contributed by atoms with Crippen LogP contribution in [-0.4, -0.2) is 37.3 Å². The molecule has 1 N–H and O–H groups in total. The van der Waals surface area contributed by atoms with Crippen molar-refractivity contribution < 1.29 is 19.3 Å². The minimum Gasteiger partial charge on any atom is -0.386 e. The summed E-state index contributed by atoms with van der Waals surface area (Å²) in [7, 11) is 1.44. The van der Waals surface area contributed by atoms with Crippen LogP contribution >= 0.6 is 0 Å². The number of aliphatic hydroxyl groups is 1. The molecular formula is C14H17NO4. The molecule has 0 spiro atoms. The van der Waals surface area contributed by atoms with Crippen LogP contribution in [0.4, 0.5) is 0 Å². The Morgan fingerprint density at radius 1 is 1.37 bits per heavy atom. The van der Waals surface area contributed by atoms with Gasteiger partial charge in [-0.15, -0.1) is 0 Å². The third-order valence-electron chi connectivity index (χ3n) is 3.13. The molecule has 0 radical (unpaired) electrons. The second kappa shape index (κ2) is 6.64. The Hall–Kier alpha value is -1.45. The highest BCUT2D eigenvalue weighted by molar-refractivity contribution is 5.13. The minimum absolute atomic E-state index is 0.254. The summed E-state index contributed by atoms with van der Waals surface area (Å²) in [4.78, 5) is 0. The van der Waals surface area contributed by atoms with E-state index >= 15 is 0 Å². The number of ether oxygens (including phenoxy) is 3. The van der Waals surface area contributed by atoms with Crippen LogP contribution in [0.3, 0.4) is 0 Å². The molecular weight excluding hydrogens is 246 g/mol. The lowest BCUT2D eigenvalue weighted by molar-refractivity contribution is -0.156. The maximum Gasteiger partial charge on any atom is 0.184 e. The first-order valence-electron chi connectivity index (χ1n) is 6.14. The molecule has 5 nitrogen and oxygen atoms in total. The van der Waals surface area contributed by atoms with Gasteiger partial charge in [0.2, 0.25) is 0 Å². The monoisotopic (exact) mass is 263 g/mol. The first kappa shape index (κ1) is 14.0. The quantitative estimate of drug-likeness (QED) is 0.860. The van der Waals surface area contributed by atoms with E-state index in [1.165, 1.54) is 7.11 Å². The Labute approximate surface area is 112 Å². The van der Waals surface area contributed by atoms with Gasteiger partial charge in [0.05, 0.1) is 19.3 Å². The van der Waals surface area contributed by atoms with Crippen molar-refractivity contribution >= 4 is 0 Å². The zero-order valence-corrected chi connectivity index (χ0v) is 10.7. The van der Waals surface area contributed by atoms with Crippen LogP contribution in [0.1, 0.15) is 5.56 Å². The summed E-state index contributed by atoms with van der Waals surface area (Å²) >= 11 is 0. The van der Waals surface area contributed by atoms with Gasteiger partial charge in [0.25, 0.3) is 0 Å². The van der Waals surface area contributed by atoms with Gasteiger partial charge in [0.15, 0.2) is 6.29 Å². The molecule has 1 aliphatic rings. The van der Waals surface area contributed by atoms with E-state index in [9.17, 15) is 5.11 Å². The summed E-state index contributed by atoms with van der Waals surface area (Å²) in [5.74, 6) is -0.624. The van der Waals surface area contributed by atoms with Crippen molar-refractivity contribution in [2.24, 2.45) is 5.92 Å². The molecule has 0 aromatic heterocycles. The normalized spacial score (nSPS) is 30.2. The Morgan fingerprint density at radius 3 is 2.74 bits per heavy atom. The first-order valence-corrected chi connectivity index (χ1v) is 6.14. The fourth-order valence-corrected chi connectivity index (χ4v) is 2.09. The number of nitrogens with zero attached hydrogens (tertiary/aromatic N) is 1. The Balaban J connectivity index is 1.84. The molecule has 2 rings (SSSR count). The third-order valence-corrected chi connectivity index (χ3v) is 3.13. The van der Waals surface area contributed by atoms with Crippen molar-refractivity contribution in [3.63, 3.8) is 0 Å². The third kappa shape index (κ3) is 3.31. The molecule has 1 aromatic carbocycles. The number of benzene rings is 1. The SMILES string of the molecule is CO[C@@H]1O[C@H](COCc2ccccc2)[C@H](C#N)[C@H]1O. The van der Waals surface area contributed by atoms with Crippen LogP contribution in [0.2, 0.25) is 0 Å². The van der Waals surface area contributed by atoms with E-state index in [2.05, 4.69) is 0 Å². The minimum atomic E-state index is -0.930. The average Bonchev–Trinajstić information content (AvgIpc) is 2.75. The van der Waals surface area contributed by atoms with Crippen LogP contribution < -0.4 is 0 Å². The molecule has 19 heavy (non-hydrogen) atoms. The highest BCUT2D eigenvalue weighted by Crippen LogP contribution is 2.27. The molecule has 1 heterocycles.